The van der Waals surface area contributed by atoms with E-state index in [4.69, 9.17) is 5.11 Å². The van der Waals surface area contributed by atoms with Crippen LogP contribution in [0.3, 0.4) is 0 Å². The molecule has 2 aromatic carbocycles. The third-order valence-corrected chi connectivity index (χ3v) is 2.80. The number of aromatic carboxylic acids is 1. The summed E-state index contributed by atoms with van der Waals surface area (Å²) in [5.74, 6) is -1.84. The normalized spacial score (nSPS) is 10.1. The molecular weight excluding hydrogens is 258 g/mol. The van der Waals surface area contributed by atoms with Gasteiger partial charge in [0, 0.05) is 0 Å². The summed E-state index contributed by atoms with van der Waals surface area (Å²) in [5.41, 5.74) is 1.10. The van der Waals surface area contributed by atoms with Crippen molar-refractivity contribution >= 4 is 17.6 Å². The van der Waals surface area contributed by atoms with E-state index in [0.29, 0.717) is 0 Å². The van der Waals surface area contributed by atoms with Gasteiger partial charge in [-0.05, 0) is 31.2 Å². The highest BCUT2D eigenvalue weighted by Gasteiger charge is 2.15. The lowest BCUT2D eigenvalue weighted by atomic mass is 10.1. The summed E-state index contributed by atoms with van der Waals surface area (Å²) in [7, 11) is 0. The van der Waals surface area contributed by atoms with Gasteiger partial charge in [-0.15, -0.1) is 0 Å². The van der Waals surface area contributed by atoms with Crippen LogP contribution in [0.15, 0.2) is 42.5 Å². The second-order valence-electron chi connectivity index (χ2n) is 4.33. The van der Waals surface area contributed by atoms with Gasteiger partial charge in [0.05, 0.1) is 16.8 Å². The Morgan fingerprint density at radius 3 is 2.45 bits per heavy atom. The number of aromatic hydroxyl groups is 1. The molecule has 0 aromatic heterocycles. The third kappa shape index (κ3) is 2.77. The number of phenolic OH excluding ortho intramolecular Hbond substituents is 1. The van der Waals surface area contributed by atoms with Gasteiger partial charge in [0.25, 0.3) is 5.91 Å². The lowest BCUT2D eigenvalue weighted by Crippen LogP contribution is -2.15. The minimum absolute atomic E-state index is 0.00649. The number of para-hydroxylation sites is 1. The van der Waals surface area contributed by atoms with Crippen LogP contribution in [-0.4, -0.2) is 22.1 Å². The number of carbonyl (C=O) groups is 2. The molecule has 0 atom stereocenters. The molecule has 5 heteroatoms. The van der Waals surface area contributed by atoms with Crippen molar-refractivity contribution in [3.05, 3.63) is 59.2 Å². The number of hydrogen-bond acceptors (Lipinski definition) is 3. The monoisotopic (exact) mass is 271 g/mol. The highest BCUT2D eigenvalue weighted by molar-refractivity contribution is 6.09. The Hall–Kier alpha value is -2.82. The second kappa shape index (κ2) is 5.44. The van der Waals surface area contributed by atoms with E-state index in [0.717, 1.165) is 5.56 Å². The fraction of sp³-hybridized carbons (Fsp3) is 0.0667. The van der Waals surface area contributed by atoms with E-state index in [-0.39, 0.29) is 22.6 Å². The summed E-state index contributed by atoms with van der Waals surface area (Å²) >= 11 is 0. The Bertz CT molecular complexity index is 679. The molecule has 1 amide bonds. The lowest BCUT2D eigenvalue weighted by molar-refractivity contribution is 0.0698. The van der Waals surface area contributed by atoms with Gasteiger partial charge in [0.2, 0.25) is 0 Å². The minimum Gasteiger partial charge on any atom is -0.507 e. The molecule has 0 spiro atoms. The van der Waals surface area contributed by atoms with E-state index < -0.39 is 11.9 Å². The number of anilines is 1. The minimum atomic E-state index is -1.13. The van der Waals surface area contributed by atoms with Gasteiger partial charge in [-0.25, -0.2) is 4.79 Å². The van der Waals surface area contributed by atoms with E-state index in [1.807, 2.05) is 0 Å². The van der Waals surface area contributed by atoms with Gasteiger partial charge >= 0.3 is 5.97 Å². The molecule has 2 aromatic rings. The van der Waals surface area contributed by atoms with Crippen molar-refractivity contribution in [2.45, 2.75) is 6.92 Å². The average molecular weight is 271 g/mol. The first-order valence-electron chi connectivity index (χ1n) is 5.92. The number of hydrogen-bond donors (Lipinski definition) is 3. The molecule has 0 saturated heterocycles. The number of benzene rings is 2. The highest BCUT2D eigenvalue weighted by atomic mass is 16.4. The molecule has 0 fully saturated rings. The molecule has 3 N–H and O–H groups in total. The maximum Gasteiger partial charge on any atom is 0.337 e. The molecule has 102 valence electrons. The lowest BCUT2D eigenvalue weighted by Gasteiger charge is -2.09. The molecule has 0 unspecified atom stereocenters. The summed E-state index contributed by atoms with van der Waals surface area (Å²) in [6.45, 7) is 1.79. The zero-order valence-electron chi connectivity index (χ0n) is 10.8. The van der Waals surface area contributed by atoms with Crippen LogP contribution in [0, 0.1) is 6.92 Å². The molecule has 0 aliphatic carbocycles. The zero-order chi connectivity index (χ0) is 14.7. The van der Waals surface area contributed by atoms with Crippen molar-refractivity contribution in [3.8, 4) is 5.75 Å². The van der Waals surface area contributed by atoms with E-state index in [1.165, 1.54) is 24.3 Å². The van der Waals surface area contributed by atoms with Crippen molar-refractivity contribution in [3.63, 3.8) is 0 Å². The Morgan fingerprint density at radius 1 is 1.05 bits per heavy atom. The molecule has 2 rings (SSSR count). The van der Waals surface area contributed by atoms with Crippen molar-refractivity contribution < 1.29 is 19.8 Å². The molecule has 0 bridgehead atoms. The SMILES string of the molecule is Cc1ccc(O)c(C(=O)Nc2ccccc2C(=O)O)c1. The Morgan fingerprint density at radius 2 is 1.75 bits per heavy atom. The predicted molar refractivity (Wildman–Crippen MR) is 74.2 cm³/mol. The number of rotatable bonds is 3. The summed E-state index contributed by atoms with van der Waals surface area (Å²) in [6.07, 6.45) is 0. The predicted octanol–water partition coefficient (Wildman–Crippen LogP) is 2.65. The van der Waals surface area contributed by atoms with E-state index in [1.54, 1.807) is 25.1 Å². The van der Waals surface area contributed by atoms with Gasteiger partial charge in [0.15, 0.2) is 0 Å². The maximum atomic E-state index is 12.1. The smallest absolute Gasteiger partial charge is 0.337 e. The molecule has 0 saturated carbocycles. The van der Waals surface area contributed by atoms with Crippen LogP contribution >= 0.6 is 0 Å². The summed E-state index contributed by atoms with van der Waals surface area (Å²) < 4.78 is 0. The molecule has 5 nitrogen and oxygen atoms in total. The van der Waals surface area contributed by atoms with Crippen LogP contribution in [0.2, 0.25) is 0 Å². The van der Waals surface area contributed by atoms with Crippen LogP contribution in [0.4, 0.5) is 5.69 Å². The first kappa shape index (κ1) is 13.6. The Balaban J connectivity index is 2.33. The molecule has 0 heterocycles. The largest absolute Gasteiger partial charge is 0.507 e. The summed E-state index contributed by atoms with van der Waals surface area (Å²) in [4.78, 5) is 23.2. The number of aryl methyl sites for hydroxylation is 1. The van der Waals surface area contributed by atoms with Crippen LogP contribution in [-0.2, 0) is 0 Å². The first-order valence-corrected chi connectivity index (χ1v) is 5.92. The maximum absolute atomic E-state index is 12.1. The number of nitrogens with one attached hydrogen (secondary N) is 1. The number of amides is 1. The molecule has 0 aliphatic heterocycles. The number of carbonyl (C=O) groups excluding carboxylic acids is 1. The molecule has 20 heavy (non-hydrogen) atoms. The Labute approximate surface area is 115 Å². The summed E-state index contributed by atoms with van der Waals surface area (Å²) in [5, 5.41) is 21.2. The third-order valence-electron chi connectivity index (χ3n) is 2.80. The van der Waals surface area contributed by atoms with Gasteiger partial charge in [-0.2, -0.15) is 0 Å². The quantitative estimate of drug-likeness (QED) is 0.801. The topological polar surface area (TPSA) is 86.6 Å². The standard InChI is InChI=1S/C15H13NO4/c1-9-6-7-13(17)11(8-9)14(18)16-12-5-3-2-4-10(12)15(19)20/h2-8,17H,1H3,(H,16,18)(H,19,20). The van der Waals surface area contributed by atoms with Crippen LogP contribution in [0.5, 0.6) is 5.75 Å². The van der Waals surface area contributed by atoms with Gasteiger partial charge in [0.1, 0.15) is 5.75 Å². The van der Waals surface area contributed by atoms with Crippen molar-refractivity contribution in [1.82, 2.24) is 0 Å². The van der Waals surface area contributed by atoms with E-state index in [9.17, 15) is 14.7 Å². The zero-order valence-corrected chi connectivity index (χ0v) is 10.8. The van der Waals surface area contributed by atoms with Crippen molar-refractivity contribution in [2.75, 3.05) is 5.32 Å². The van der Waals surface area contributed by atoms with Crippen LogP contribution in [0.25, 0.3) is 0 Å². The number of carboxylic acid groups (broad SMARTS) is 1. The number of carboxylic acids is 1. The fourth-order valence-corrected chi connectivity index (χ4v) is 1.80. The van der Waals surface area contributed by atoms with Crippen molar-refractivity contribution in [2.24, 2.45) is 0 Å². The molecular formula is C15H13NO4. The Kier molecular flexibility index (Phi) is 3.70. The fourth-order valence-electron chi connectivity index (χ4n) is 1.80. The van der Waals surface area contributed by atoms with Gasteiger partial charge in [-0.1, -0.05) is 23.8 Å². The number of phenols is 1. The first-order chi connectivity index (χ1) is 9.49. The van der Waals surface area contributed by atoms with Crippen LogP contribution in [0.1, 0.15) is 26.3 Å². The molecule has 0 aliphatic rings. The van der Waals surface area contributed by atoms with Crippen molar-refractivity contribution in [1.29, 1.82) is 0 Å². The van der Waals surface area contributed by atoms with Gasteiger partial charge < -0.3 is 15.5 Å². The average Bonchev–Trinajstić information content (AvgIpc) is 2.41. The van der Waals surface area contributed by atoms with Gasteiger partial charge in [-0.3, -0.25) is 4.79 Å². The van der Waals surface area contributed by atoms with Crippen LogP contribution < -0.4 is 5.32 Å². The van der Waals surface area contributed by atoms with E-state index >= 15 is 0 Å². The van der Waals surface area contributed by atoms with E-state index in [2.05, 4.69) is 5.32 Å². The summed E-state index contributed by atoms with van der Waals surface area (Å²) in [6, 6.07) is 10.7. The highest BCUT2D eigenvalue weighted by Crippen LogP contribution is 2.21. The second-order valence-corrected chi connectivity index (χ2v) is 4.33. The molecule has 0 radical (unpaired) electrons.